The Labute approximate surface area is 316 Å². The normalized spacial score (nSPS) is 26.7. The maximum Gasteiger partial charge on any atom is 0.408 e. The summed E-state index contributed by atoms with van der Waals surface area (Å²) in [5, 5.41) is 25.0. The third kappa shape index (κ3) is 5.66. The molecule has 9 rings (SSSR count). The first-order valence-corrected chi connectivity index (χ1v) is 18.8. The Kier molecular flexibility index (Phi) is 9.23. The van der Waals surface area contributed by atoms with E-state index < -0.39 is 53.5 Å². The molecular weight excluding hydrogens is 717 g/mol. The quantitative estimate of drug-likeness (QED) is 0.275. The van der Waals surface area contributed by atoms with E-state index in [9.17, 15) is 24.8 Å². The van der Waals surface area contributed by atoms with Crippen molar-refractivity contribution in [2.45, 2.75) is 75.3 Å². The monoisotopic (exact) mass is 756 g/mol. The molecule has 7 atom stereocenters. The molecule has 3 aromatic rings. The average Bonchev–Trinajstić information content (AvgIpc) is 3.64. The van der Waals surface area contributed by atoms with Crippen LogP contribution in [0.25, 0.3) is 0 Å². The molecule has 2 fully saturated rings. The lowest BCUT2D eigenvalue weighted by Gasteiger charge is -2.61. The van der Waals surface area contributed by atoms with E-state index in [1.807, 2.05) is 50.4 Å². The van der Waals surface area contributed by atoms with Crippen molar-refractivity contribution in [3.8, 4) is 34.8 Å². The van der Waals surface area contributed by atoms with Crippen molar-refractivity contribution in [2.24, 2.45) is 0 Å². The van der Waals surface area contributed by atoms with Crippen molar-refractivity contribution in [1.29, 1.82) is 5.26 Å². The van der Waals surface area contributed by atoms with Gasteiger partial charge in [0.15, 0.2) is 23.0 Å². The van der Waals surface area contributed by atoms with Gasteiger partial charge in [-0.25, -0.2) is 9.59 Å². The first-order chi connectivity index (χ1) is 26.0. The molecule has 3 aromatic carbocycles. The fourth-order valence-electron chi connectivity index (χ4n) is 8.97. The fraction of sp³-hybridized carbons (Fsp3) is 0.436. The predicted molar refractivity (Wildman–Crippen MR) is 193 cm³/mol. The van der Waals surface area contributed by atoms with Gasteiger partial charge in [-0.1, -0.05) is 36.4 Å². The minimum Gasteiger partial charge on any atom is -0.504 e. The Bertz CT molecular complexity index is 2090. The van der Waals surface area contributed by atoms with Crippen LogP contribution < -0.4 is 24.3 Å². The number of ether oxygens (including phenoxy) is 6. The number of likely N-dealkylation sites (N-methyl/N-ethyl adjacent to an activating group) is 1. The highest BCUT2D eigenvalue weighted by atomic mass is 32.2. The summed E-state index contributed by atoms with van der Waals surface area (Å²) in [7, 11) is 3.47. The van der Waals surface area contributed by atoms with Gasteiger partial charge in [0.2, 0.25) is 6.79 Å². The smallest absolute Gasteiger partial charge is 0.408 e. The van der Waals surface area contributed by atoms with Crippen LogP contribution in [0.2, 0.25) is 0 Å². The van der Waals surface area contributed by atoms with Gasteiger partial charge in [-0.2, -0.15) is 5.26 Å². The van der Waals surface area contributed by atoms with Gasteiger partial charge >= 0.3 is 18.0 Å². The molecule has 2 unspecified atom stereocenters. The van der Waals surface area contributed by atoms with Gasteiger partial charge in [0.1, 0.15) is 31.0 Å². The number of nitrogens with zero attached hydrogens (tertiary/aromatic N) is 3. The third-order valence-corrected chi connectivity index (χ3v) is 12.6. The maximum atomic E-state index is 13.8. The van der Waals surface area contributed by atoms with Crippen LogP contribution in [0.5, 0.6) is 28.7 Å². The molecule has 6 aliphatic rings. The number of thioether (sulfide) groups is 1. The number of methoxy groups -OCH3 is 1. The zero-order valence-corrected chi connectivity index (χ0v) is 31.2. The molecular formula is C39H40N4O10S. The zero-order chi connectivity index (χ0) is 38.0. The number of carbonyl (C=O) groups is 3. The number of rotatable bonds is 5. The van der Waals surface area contributed by atoms with Crippen LogP contribution in [0.3, 0.4) is 0 Å². The van der Waals surface area contributed by atoms with Crippen LogP contribution >= 0.6 is 11.8 Å². The molecule has 2 saturated heterocycles. The summed E-state index contributed by atoms with van der Waals surface area (Å²) >= 11 is 1.35. The number of amides is 1. The van der Waals surface area contributed by atoms with Crippen molar-refractivity contribution in [1.82, 2.24) is 15.1 Å². The molecule has 0 radical (unpaired) electrons. The molecule has 54 heavy (non-hydrogen) atoms. The van der Waals surface area contributed by atoms with Crippen LogP contribution in [-0.4, -0.2) is 90.4 Å². The van der Waals surface area contributed by atoms with Crippen molar-refractivity contribution in [3.05, 3.63) is 75.3 Å². The second-order valence-corrected chi connectivity index (χ2v) is 15.3. The molecule has 0 aromatic heterocycles. The minimum absolute atomic E-state index is 0.00542. The number of esters is 2. The molecule has 0 saturated carbocycles. The van der Waals surface area contributed by atoms with Crippen molar-refractivity contribution < 1.29 is 47.9 Å². The van der Waals surface area contributed by atoms with Crippen LogP contribution in [0, 0.1) is 25.2 Å². The largest absolute Gasteiger partial charge is 0.504 e. The van der Waals surface area contributed by atoms with Gasteiger partial charge in [0.25, 0.3) is 0 Å². The summed E-state index contributed by atoms with van der Waals surface area (Å²) < 4.78 is 35.4. The number of phenolic OH excluding ortho intramolecular Hbond substituents is 1. The number of fused-ring (bicyclic) bond motifs is 10. The van der Waals surface area contributed by atoms with Crippen molar-refractivity contribution >= 4 is 29.8 Å². The number of nitriles is 1. The van der Waals surface area contributed by atoms with Crippen LogP contribution in [-0.2, 0) is 32.1 Å². The average molecular weight is 757 g/mol. The SMILES string of the molecule is COc1c(C)cc2c(c1O)[C@@H]1C3[C@@H]4SCC(NC(=O)OCc5ccccc5)C(=O)OC[C@@H](c5c6c(c(C)c(OC(C)=O)c54)OCO6)N3[C@@H](C#N)[C@H](C2)N1C. The summed E-state index contributed by atoms with van der Waals surface area (Å²) in [4.78, 5) is 44.0. The Morgan fingerprint density at radius 2 is 1.85 bits per heavy atom. The standard InChI is InChI=1S/C39H40N4O10S/c1-18-11-22-12-24-25(13-40)43-26-15-49-38(46)23(41-39(47)50-14-21-9-7-6-8-10-21)16-54-37(31(43)30(42(24)4)27(22)32(45)33(18)48-5)29-28(26)36-35(51-17-52-36)19(2)34(29)53-20(3)44/h6-11,23-26,30-31,37,45H,12,14-17H2,1-5H3,(H,41,47)/t23?,24-,25-,26-,30+,31?,37+/m0/s1. The van der Waals surface area contributed by atoms with Gasteiger partial charge in [-0.15, -0.1) is 11.8 Å². The second kappa shape index (κ2) is 13.9. The minimum atomic E-state index is -1.11. The number of alkyl carbamates (subject to hydrolysis) is 1. The van der Waals surface area contributed by atoms with E-state index >= 15 is 0 Å². The molecule has 6 heterocycles. The summed E-state index contributed by atoms with van der Waals surface area (Å²) in [6.45, 7) is 4.70. The highest BCUT2D eigenvalue weighted by Gasteiger charge is 2.60. The lowest BCUT2D eigenvalue weighted by atomic mass is 9.71. The van der Waals surface area contributed by atoms with E-state index in [1.54, 1.807) is 6.92 Å². The molecule has 14 nitrogen and oxygen atoms in total. The van der Waals surface area contributed by atoms with E-state index in [1.165, 1.54) is 25.8 Å². The van der Waals surface area contributed by atoms with Crippen LogP contribution in [0.1, 0.15) is 63.2 Å². The number of hydrogen-bond donors (Lipinski definition) is 2. The molecule has 4 bridgehead atoms. The summed E-state index contributed by atoms with van der Waals surface area (Å²) in [6.07, 6.45) is -0.315. The van der Waals surface area contributed by atoms with Gasteiger partial charge < -0.3 is 38.8 Å². The lowest BCUT2D eigenvalue weighted by molar-refractivity contribution is -0.151. The Balaban J connectivity index is 1.30. The number of benzene rings is 3. The molecule has 2 N–H and O–H groups in total. The second-order valence-electron chi connectivity index (χ2n) is 14.1. The first-order valence-electron chi connectivity index (χ1n) is 17.7. The number of piperazine rings is 1. The summed E-state index contributed by atoms with van der Waals surface area (Å²) in [6, 6.07) is 9.83. The molecule has 15 heteroatoms. The van der Waals surface area contributed by atoms with Gasteiger partial charge in [0, 0.05) is 47.0 Å². The number of hydrogen-bond acceptors (Lipinski definition) is 14. The van der Waals surface area contributed by atoms with Crippen molar-refractivity contribution in [2.75, 3.05) is 33.3 Å². The number of nitrogens with one attached hydrogen (secondary N) is 1. The molecule has 6 aliphatic heterocycles. The highest BCUT2D eigenvalue weighted by molar-refractivity contribution is 7.99. The van der Waals surface area contributed by atoms with E-state index in [4.69, 9.17) is 28.4 Å². The van der Waals surface area contributed by atoms with E-state index in [-0.39, 0.29) is 37.6 Å². The fourth-order valence-corrected chi connectivity index (χ4v) is 10.5. The predicted octanol–water partition coefficient (Wildman–Crippen LogP) is 4.53. The van der Waals surface area contributed by atoms with Gasteiger partial charge in [-0.3, -0.25) is 14.6 Å². The summed E-state index contributed by atoms with van der Waals surface area (Å²) in [5.41, 5.74) is 4.95. The van der Waals surface area contributed by atoms with Gasteiger partial charge in [-0.05, 0) is 44.0 Å². The third-order valence-electron chi connectivity index (χ3n) is 11.2. The van der Waals surface area contributed by atoms with Crippen molar-refractivity contribution in [3.63, 3.8) is 0 Å². The molecule has 1 amide bonds. The molecule has 282 valence electrons. The molecule has 0 aliphatic carbocycles. The maximum absolute atomic E-state index is 13.8. The van der Waals surface area contributed by atoms with E-state index in [0.717, 1.165) is 16.7 Å². The number of aryl methyl sites for hydroxylation is 1. The lowest BCUT2D eigenvalue weighted by Crippen LogP contribution is -2.69. The molecule has 0 spiro atoms. The Hall–Kier alpha value is -5.17. The van der Waals surface area contributed by atoms with E-state index in [2.05, 4.69) is 21.2 Å². The summed E-state index contributed by atoms with van der Waals surface area (Å²) in [5.74, 6) is 0.331. The number of aromatic hydroxyl groups is 1. The first kappa shape index (κ1) is 35.8. The highest BCUT2D eigenvalue weighted by Crippen LogP contribution is 2.64. The Morgan fingerprint density at radius 3 is 2.57 bits per heavy atom. The number of phenols is 1. The number of carbonyl (C=O) groups excluding carboxylic acids is 3. The van der Waals surface area contributed by atoms with Crippen LogP contribution in [0.4, 0.5) is 4.79 Å². The van der Waals surface area contributed by atoms with E-state index in [0.29, 0.717) is 51.7 Å². The Morgan fingerprint density at radius 1 is 1.09 bits per heavy atom. The van der Waals surface area contributed by atoms with Crippen LogP contribution in [0.15, 0.2) is 36.4 Å². The topological polar surface area (TPSA) is 169 Å². The zero-order valence-electron chi connectivity index (χ0n) is 30.4. The van der Waals surface area contributed by atoms with Gasteiger partial charge in [0.05, 0.1) is 30.5 Å².